The lowest BCUT2D eigenvalue weighted by molar-refractivity contribution is -0.159. The van der Waals surface area contributed by atoms with Crippen LogP contribution in [0.15, 0.2) is 16.9 Å². The van der Waals surface area contributed by atoms with Gasteiger partial charge in [0, 0.05) is 39.3 Å². The molecule has 4 aliphatic carbocycles. The van der Waals surface area contributed by atoms with Gasteiger partial charge in [0.2, 0.25) is 5.91 Å². The monoisotopic (exact) mass is 384 g/mol. The number of hydrogen-bond acceptors (Lipinski definition) is 4. The van der Waals surface area contributed by atoms with Crippen LogP contribution in [0.1, 0.15) is 49.0 Å². The highest BCUT2D eigenvalue weighted by atomic mass is 16.2. The number of amides is 2. The van der Waals surface area contributed by atoms with Gasteiger partial charge in [-0.25, -0.2) is 4.68 Å². The normalized spacial score (nSPS) is 34.0. The molecule has 0 radical (unpaired) electrons. The highest BCUT2D eigenvalue weighted by Crippen LogP contribution is 2.60. The fraction of sp³-hybridized carbons (Fsp3) is 0.714. The van der Waals surface area contributed by atoms with Crippen molar-refractivity contribution in [3.8, 4) is 0 Å². The molecule has 2 amide bonds. The largest absolute Gasteiger partial charge is 0.339 e. The second kappa shape index (κ2) is 6.42. The summed E-state index contributed by atoms with van der Waals surface area (Å²) in [5.41, 5.74) is -0.0642. The Morgan fingerprint density at radius 2 is 1.46 bits per heavy atom. The zero-order chi connectivity index (χ0) is 19.5. The van der Waals surface area contributed by atoms with Crippen LogP contribution in [0.25, 0.3) is 0 Å². The molecule has 5 fully saturated rings. The molecule has 0 spiro atoms. The Hall–Kier alpha value is -2.18. The van der Waals surface area contributed by atoms with Crippen molar-refractivity contribution >= 4 is 11.8 Å². The zero-order valence-electron chi connectivity index (χ0n) is 16.5. The van der Waals surface area contributed by atoms with E-state index in [-0.39, 0.29) is 22.6 Å². The van der Waals surface area contributed by atoms with Gasteiger partial charge in [0.05, 0.1) is 5.41 Å². The van der Waals surface area contributed by atoms with E-state index in [4.69, 9.17) is 0 Å². The van der Waals surface area contributed by atoms with Crippen molar-refractivity contribution in [3.05, 3.63) is 28.2 Å². The number of aryl methyl sites for hydroxylation is 1. The second-order valence-electron chi connectivity index (χ2n) is 9.46. The fourth-order valence-electron chi connectivity index (χ4n) is 6.60. The molecule has 1 aromatic heterocycles. The van der Waals surface area contributed by atoms with Gasteiger partial charge < -0.3 is 9.80 Å². The standard InChI is InChI=1S/C21H28N4O3/c1-23-18(26)3-2-17(22-23)19(27)24-4-6-25(7-5-24)20(28)21-11-14-8-15(12-21)10-16(9-14)13-21/h2-3,14-16H,4-13H2,1H3. The van der Waals surface area contributed by atoms with E-state index in [1.165, 1.54) is 36.1 Å². The molecule has 1 aromatic rings. The quantitative estimate of drug-likeness (QED) is 0.770. The highest BCUT2D eigenvalue weighted by molar-refractivity contribution is 5.92. The van der Waals surface area contributed by atoms with Crippen LogP contribution in [0.4, 0.5) is 0 Å². The predicted molar refractivity (Wildman–Crippen MR) is 103 cm³/mol. The van der Waals surface area contributed by atoms with Gasteiger partial charge in [-0.2, -0.15) is 5.10 Å². The molecule has 6 rings (SSSR count). The number of aromatic nitrogens is 2. The van der Waals surface area contributed by atoms with Crippen molar-refractivity contribution in [2.75, 3.05) is 26.2 Å². The Morgan fingerprint density at radius 1 is 0.929 bits per heavy atom. The molecule has 0 N–H and O–H groups in total. The summed E-state index contributed by atoms with van der Waals surface area (Å²) in [6.45, 7) is 2.25. The van der Waals surface area contributed by atoms with Gasteiger partial charge in [-0.05, 0) is 62.3 Å². The predicted octanol–water partition coefficient (Wildman–Crippen LogP) is 1.28. The van der Waals surface area contributed by atoms with Crippen LogP contribution < -0.4 is 5.56 Å². The van der Waals surface area contributed by atoms with Gasteiger partial charge in [0.15, 0.2) is 0 Å². The SMILES string of the molecule is Cn1nc(C(=O)N2CCN(C(=O)C34CC5CC(CC(C5)C3)C4)CC2)ccc1=O. The summed E-state index contributed by atoms with van der Waals surface area (Å²) in [5.74, 6) is 2.45. The first-order valence-corrected chi connectivity index (χ1v) is 10.6. The molecule has 1 saturated heterocycles. The lowest BCUT2D eigenvalue weighted by Crippen LogP contribution is -2.58. The maximum Gasteiger partial charge on any atom is 0.274 e. The third kappa shape index (κ3) is 2.86. The summed E-state index contributed by atoms with van der Waals surface area (Å²) in [6.07, 6.45) is 7.25. The number of rotatable bonds is 2. The van der Waals surface area contributed by atoms with Crippen LogP contribution in [0, 0.1) is 23.2 Å². The number of carbonyl (C=O) groups excluding carboxylic acids is 2. The maximum absolute atomic E-state index is 13.5. The van der Waals surface area contributed by atoms with Crippen LogP contribution in [0.2, 0.25) is 0 Å². The number of piperazine rings is 1. The van der Waals surface area contributed by atoms with E-state index in [2.05, 4.69) is 5.10 Å². The van der Waals surface area contributed by atoms with Crippen LogP contribution in [-0.2, 0) is 11.8 Å². The molecular formula is C21H28N4O3. The molecule has 0 aromatic carbocycles. The van der Waals surface area contributed by atoms with E-state index in [1.54, 1.807) is 11.9 Å². The first-order valence-electron chi connectivity index (χ1n) is 10.6. The minimum absolute atomic E-state index is 0.111. The molecule has 1 aliphatic heterocycles. The summed E-state index contributed by atoms with van der Waals surface area (Å²) >= 11 is 0. The average molecular weight is 384 g/mol. The molecule has 4 bridgehead atoms. The van der Waals surface area contributed by atoms with Gasteiger partial charge >= 0.3 is 0 Å². The summed E-state index contributed by atoms with van der Waals surface area (Å²) in [4.78, 5) is 41.4. The molecule has 7 nitrogen and oxygen atoms in total. The Kier molecular flexibility index (Phi) is 4.10. The molecule has 5 aliphatic rings. The Bertz CT molecular complexity index is 833. The first kappa shape index (κ1) is 17.9. The number of nitrogens with zero attached hydrogens (tertiary/aromatic N) is 4. The van der Waals surface area contributed by atoms with E-state index in [0.29, 0.717) is 32.1 Å². The average Bonchev–Trinajstić information content (AvgIpc) is 2.68. The van der Waals surface area contributed by atoms with E-state index < -0.39 is 0 Å². The van der Waals surface area contributed by atoms with Crippen molar-refractivity contribution in [2.24, 2.45) is 30.2 Å². The molecule has 150 valence electrons. The Morgan fingerprint density at radius 3 is 2.00 bits per heavy atom. The van der Waals surface area contributed by atoms with Crippen molar-refractivity contribution < 1.29 is 9.59 Å². The topological polar surface area (TPSA) is 75.5 Å². The first-order chi connectivity index (χ1) is 13.4. The van der Waals surface area contributed by atoms with Crippen LogP contribution in [0.3, 0.4) is 0 Å². The Labute approximate surface area is 164 Å². The maximum atomic E-state index is 13.5. The number of hydrogen-bond donors (Lipinski definition) is 0. The van der Waals surface area contributed by atoms with Crippen LogP contribution in [-0.4, -0.2) is 57.6 Å². The minimum atomic E-state index is -0.234. The van der Waals surface area contributed by atoms with Crippen molar-refractivity contribution in [3.63, 3.8) is 0 Å². The zero-order valence-corrected chi connectivity index (χ0v) is 16.5. The van der Waals surface area contributed by atoms with Crippen molar-refractivity contribution in [2.45, 2.75) is 38.5 Å². The summed E-state index contributed by atoms with van der Waals surface area (Å²) in [5, 5.41) is 4.06. The molecule has 7 heteroatoms. The van der Waals surface area contributed by atoms with Crippen molar-refractivity contribution in [1.29, 1.82) is 0 Å². The lowest BCUT2D eigenvalue weighted by Gasteiger charge is -2.57. The van der Waals surface area contributed by atoms with E-state index in [1.807, 2.05) is 4.90 Å². The van der Waals surface area contributed by atoms with Gasteiger partial charge in [-0.3, -0.25) is 14.4 Å². The van der Waals surface area contributed by atoms with Gasteiger partial charge in [0.1, 0.15) is 5.69 Å². The van der Waals surface area contributed by atoms with E-state index in [9.17, 15) is 14.4 Å². The van der Waals surface area contributed by atoms with Gasteiger partial charge in [-0.15, -0.1) is 0 Å². The van der Waals surface area contributed by atoms with Gasteiger partial charge in [-0.1, -0.05) is 0 Å². The summed E-state index contributed by atoms with van der Waals surface area (Å²) in [7, 11) is 1.54. The summed E-state index contributed by atoms with van der Waals surface area (Å²) < 4.78 is 1.18. The van der Waals surface area contributed by atoms with Crippen LogP contribution >= 0.6 is 0 Å². The van der Waals surface area contributed by atoms with Gasteiger partial charge in [0.25, 0.3) is 11.5 Å². The molecule has 28 heavy (non-hydrogen) atoms. The smallest absolute Gasteiger partial charge is 0.274 e. The number of carbonyl (C=O) groups is 2. The van der Waals surface area contributed by atoms with Crippen LogP contribution in [0.5, 0.6) is 0 Å². The second-order valence-corrected chi connectivity index (χ2v) is 9.46. The highest BCUT2D eigenvalue weighted by Gasteiger charge is 2.55. The van der Waals surface area contributed by atoms with E-state index >= 15 is 0 Å². The molecule has 0 unspecified atom stereocenters. The fourth-order valence-corrected chi connectivity index (χ4v) is 6.60. The summed E-state index contributed by atoms with van der Waals surface area (Å²) in [6, 6.07) is 2.85. The minimum Gasteiger partial charge on any atom is -0.339 e. The molecule has 4 saturated carbocycles. The third-order valence-corrected chi connectivity index (χ3v) is 7.53. The molecular weight excluding hydrogens is 356 g/mol. The lowest BCUT2D eigenvalue weighted by atomic mass is 9.49. The molecule has 2 heterocycles. The third-order valence-electron chi connectivity index (χ3n) is 7.53. The molecule has 0 atom stereocenters. The van der Waals surface area contributed by atoms with Crippen molar-refractivity contribution in [1.82, 2.24) is 19.6 Å². The van der Waals surface area contributed by atoms with E-state index in [0.717, 1.165) is 37.0 Å². The Balaban J connectivity index is 1.25.